The van der Waals surface area contributed by atoms with Crippen LogP contribution in [0.4, 0.5) is 0 Å². The minimum absolute atomic E-state index is 0.00191. The molecule has 0 saturated carbocycles. The second kappa shape index (κ2) is 4.50. The third-order valence-corrected chi connectivity index (χ3v) is 3.45. The average Bonchev–Trinajstić information content (AvgIpc) is 2.80. The van der Waals surface area contributed by atoms with Gasteiger partial charge in [0.25, 0.3) is 5.91 Å². The van der Waals surface area contributed by atoms with E-state index in [0.717, 1.165) is 16.3 Å². The molecule has 96 valence electrons. The number of benzene rings is 2. The normalized spacial score (nSPS) is 18.8. The highest BCUT2D eigenvalue weighted by atomic mass is 16.2. The van der Waals surface area contributed by atoms with Gasteiger partial charge in [-0.15, -0.1) is 0 Å². The van der Waals surface area contributed by atoms with Crippen LogP contribution in [0.2, 0.25) is 0 Å². The van der Waals surface area contributed by atoms with Crippen LogP contribution >= 0.6 is 0 Å². The van der Waals surface area contributed by atoms with E-state index in [4.69, 9.17) is 0 Å². The smallest absolute Gasteiger partial charge is 0.250 e. The van der Waals surface area contributed by atoms with Gasteiger partial charge >= 0.3 is 0 Å². The maximum atomic E-state index is 11.9. The van der Waals surface area contributed by atoms with Crippen molar-refractivity contribution in [2.24, 2.45) is 10.9 Å². The van der Waals surface area contributed by atoms with Crippen LogP contribution in [0.1, 0.15) is 19.4 Å². The Morgan fingerprint density at radius 1 is 1.11 bits per heavy atom. The molecule has 0 aliphatic carbocycles. The molecule has 0 spiro atoms. The van der Waals surface area contributed by atoms with E-state index in [1.54, 1.807) is 0 Å². The number of carbonyl (C=O) groups excluding carboxylic acids is 1. The van der Waals surface area contributed by atoms with Gasteiger partial charge in [0.2, 0.25) is 0 Å². The zero-order chi connectivity index (χ0) is 13.4. The summed E-state index contributed by atoms with van der Waals surface area (Å²) in [4.78, 5) is 16.5. The highest BCUT2D eigenvalue weighted by Crippen LogP contribution is 2.22. The lowest BCUT2D eigenvalue weighted by Gasteiger charge is -2.06. The van der Waals surface area contributed by atoms with Crippen molar-refractivity contribution in [2.75, 3.05) is 0 Å². The summed E-state index contributed by atoms with van der Waals surface area (Å²) in [5, 5.41) is 5.18. The van der Waals surface area contributed by atoms with Crippen molar-refractivity contribution in [1.29, 1.82) is 0 Å². The topological polar surface area (TPSA) is 41.5 Å². The maximum absolute atomic E-state index is 11.9. The Labute approximate surface area is 112 Å². The Morgan fingerprint density at radius 3 is 2.58 bits per heavy atom. The molecule has 1 unspecified atom stereocenters. The number of nitrogens with zero attached hydrogens (tertiary/aromatic N) is 1. The summed E-state index contributed by atoms with van der Waals surface area (Å²) in [5.41, 5.74) is 0.995. The largest absolute Gasteiger partial charge is 0.309 e. The van der Waals surface area contributed by atoms with Crippen molar-refractivity contribution in [3.63, 3.8) is 0 Å². The predicted octanol–water partition coefficient (Wildman–Crippen LogP) is 2.74. The first-order valence-corrected chi connectivity index (χ1v) is 6.53. The van der Waals surface area contributed by atoms with Gasteiger partial charge in [-0.25, -0.2) is 0 Å². The first kappa shape index (κ1) is 11.9. The van der Waals surface area contributed by atoms with Gasteiger partial charge in [-0.2, -0.15) is 0 Å². The standard InChI is InChI=1S/C16H16N2O/c1-10(2)14-16(19)18-15(17-14)13-9-5-7-11-6-3-4-8-12(11)13/h3-10,14H,1-2H3,(H,17,18,19). The Bertz CT molecular complexity index is 668. The molecule has 1 aliphatic heterocycles. The number of amides is 1. The van der Waals surface area contributed by atoms with E-state index in [1.807, 2.05) is 38.1 Å². The third-order valence-electron chi connectivity index (χ3n) is 3.45. The lowest BCUT2D eigenvalue weighted by atomic mass is 10.0. The van der Waals surface area contributed by atoms with Gasteiger partial charge in [0.15, 0.2) is 0 Å². The van der Waals surface area contributed by atoms with Crippen molar-refractivity contribution in [1.82, 2.24) is 5.32 Å². The van der Waals surface area contributed by atoms with E-state index in [-0.39, 0.29) is 17.9 Å². The Balaban J connectivity index is 2.11. The summed E-state index contributed by atoms with van der Waals surface area (Å²) >= 11 is 0. The van der Waals surface area contributed by atoms with Gasteiger partial charge in [-0.1, -0.05) is 56.3 Å². The van der Waals surface area contributed by atoms with E-state index in [9.17, 15) is 4.79 Å². The molecule has 1 heterocycles. The van der Waals surface area contributed by atoms with Gasteiger partial charge in [0.1, 0.15) is 11.9 Å². The molecule has 3 heteroatoms. The predicted molar refractivity (Wildman–Crippen MR) is 77.3 cm³/mol. The number of aliphatic imine (C=N–C) groups is 1. The zero-order valence-electron chi connectivity index (χ0n) is 11.1. The lowest BCUT2D eigenvalue weighted by molar-refractivity contribution is -0.120. The molecule has 1 amide bonds. The minimum Gasteiger partial charge on any atom is -0.309 e. The molecule has 3 rings (SSSR count). The van der Waals surface area contributed by atoms with Crippen LogP contribution in [-0.4, -0.2) is 17.8 Å². The highest BCUT2D eigenvalue weighted by molar-refractivity contribution is 6.18. The third kappa shape index (κ3) is 2.01. The number of rotatable bonds is 2. The number of hydrogen-bond donors (Lipinski definition) is 1. The first-order chi connectivity index (χ1) is 9.16. The minimum atomic E-state index is -0.269. The molecule has 0 saturated heterocycles. The molecule has 0 radical (unpaired) electrons. The van der Waals surface area contributed by atoms with Crippen LogP contribution in [0.15, 0.2) is 47.5 Å². The summed E-state index contributed by atoms with van der Waals surface area (Å²) in [6, 6.07) is 13.9. The first-order valence-electron chi connectivity index (χ1n) is 6.53. The summed E-state index contributed by atoms with van der Waals surface area (Å²) in [7, 11) is 0. The second-order valence-corrected chi connectivity index (χ2v) is 5.18. The zero-order valence-corrected chi connectivity index (χ0v) is 11.1. The summed E-state index contributed by atoms with van der Waals surface area (Å²) in [5.74, 6) is 0.908. The summed E-state index contributed by atoms with van der Waals surface area (Å²) in [6.45, 7) is 4.03. The summed E-state index contributed by atoms with van der Waals surface area (Å²) in [6.07, 6.45) is 0. The van der Waals surface area contributed by atoms with Gasteiger partial charge in [-0.3, -0.25) is 9.79 Å². The van der Waals surface area contributed by atoms with E-state index >= 15 is 0 Å². The fourth-order valence-corrected chi connectivity index (χ4v) is 2.44. The Kier molecular flexibility index (Phi) is 2.82. The van der Waals surface area contributed by atoms with Crippen LogP contribution in [0, 0.1) is 5.92 Å². The van der Waals surface area contributed by atoms with Crippen LogP contribution in [0.3, 0.4) is 0 Å². The van der Waals surface area contributed by atoms with E-state index in [1.165, 1.54) is 0 Å². The maximum Gasteiger partial charge on any atom is 0.250 e. The molecule has 1 N–H and O–H groups in total. The van der Waals surface area contributed by atoms with Gasteiger partial charge in [0, 0.05) is 5.56 Å². The van der Waals surface area contributed by atoms with Gasteiger partial charge < -0.3 is 5.32 Å². The number of nitrogens with one attached hydrogen (secondary N) is 1. The molecule has 2 aromatic rings. The van der Waals surface area contributed by atoms with Crippen LogP contribution in [0.25, 0.3) is 10.8 Å². The average molecular weight is 252 g/mol. The van der Waals surface area contributed by atoms with E-state index < -0.39 is 0 Å². The molecular formula is C16H16N2O. The highest BCUT2D eigenvalue weighted by Gasteiger charge is 2.29. The monoisotopic (exact) mass is 252 g/mol. The van der Waals surface area contributed by atoms with E-state index in [0.29, 0.717) is 5.84 Å². The quantitative estimate of drug-likeness (QED) is 0.877. The van der Waals surface area contributed by atoms with Crippen molar-refractivity contribution in [2.45, 2.75) is 19.9 Å². The molecule has 2 aromatic carbocycles. The van der Waals surface area contributed by atoms with E-state index in [2.05, 4.69) is 28.5 Å². The van der Waals surface area contributed by atoms with Crippen molar-refractivity contribution >= 4 is 22.5 Å². The van der Waals surface area contributed by atoms with Crippen molar-refractivity contribution in [3.8, 4) is 0 Å². The molecule has 19 heavy (non-hydrogen) atoms. The van der Waals surface area contributed by atoms with Crippen molar-refractivity contribution in [3.05, 3.63) is 48.0 Å². The lowest BCUT2D eigenvalue weighted by Crippen LogP contribution is -2.31. The SMILES string of the molecule is CC(C)C1N=C(c2cccc3ccccc23)NC1=O. The molecule has 1 aliphatic rings. The van der Waals surface area contributed by atoms with Crippen LogP contribution in [-0.2, 0) is 4.79 Å². The number of amidine groups is 1. The summed E-state index contributed by atoms with van der Waals surface area (Å²) < 4.78 is 0. The number of carbonyl (C=O) groups is 1. The molecule has 0 fully saturated rings. The number of hydrogen-bond acceptors (Lipinski definition) is 2. The Hall–Kier alpha value is -2.16. The number of fused-ring (bicyclic) bond motifs is 1. The fraction of sp³-hybridized carbons (Fsp3) is 0.250. The van der Waals surface area contributed by atoms with Crippen LogP contribution < -0.4 is 5.32 Å². The molecule has 0 bridgehead atoms. The van der Waals surface area contributed by atoms with Crippen LogP contribution in [0.5, 0.6) is 0 Å². The van der Waals surface area contributed by atoms with Crippen molar-refractivity contribution < 1.29 is 4.79 Å². The second-order valence-electron chi connectivity index (χ2n) is 5.18. The van der Waals surface area contributed by atoms with Gasteiger partial charge in [0.05, 0.1) is 0 Å². The molecular weight excluding hydrogens is 236 g/mol. The molecule has 0 aromatic heterocycles. The molecule has 3 nitrogen and oxygen atoms in total. The fourth-order valence-electron chi connectivity index (χ4n) is 2.44. The molecule has 1 atom stereocenters. The Morgan fingerprint density at radius 2 is 1.84 bits per heavy atom. The van der Waals surface area contributed by atoms with Gasteiger partial charge in [-0.05, 0) is 16.7 Å².